The van der Waals surface area contributed by atoms with Gasteiger partial charge in [-0.15, -0.1) is 0 Å². The lowest BCUT2D eigenvalue weighted by Crippen LogP contribution is -2.33. The third-order valence-corrected chi connectivity index (χ3v) is 6.73. The number of hydrogen-bond acceptors (Lipinski definition) is 3. The summed E-state index contributed by atoms with van der Waals surface area (Å²) in [5.41, 5.74) is 2.13. The number of sulfonamides is 1. The molecule has 30 heavy (non-hydrogen) atoms. The highest BCUT2D eigenvalue weighted by atomic mass is 35.5. The van der Waals surface area contributed by atoms with E-state index in [0.717, 1.165) is 11.1 Å². The smallest absolute Gasteiger partial charge is 0.242 e. The van der Waals surface area contributed by atoms with E-state index in [0.29, 0.717) is 22.2 Å². The van der Waals surface area contributed by atoms with Gasteiger partial charge in [0.15, 0.2) is 0 Å². The number of amides is 1. The van der Waals surface area contributed by atoms with Gasteiger partial charge < -0.3 is 5.32 Å². The lowest BCUT2D eigenvalue weighted by molar-refractivity contribution is -0.115. The van der Waals surface area contributed by atoms with Crippen molar-refractivity contribution < 1.29 is 13.2 Å². The van der Waals surface area contributed by atoms with Gasteiger partial charge in [0, 0.05) is 22.2 Å². The van der Waals surface area contributed by atoms with Crippen molar-refractivity contribution in [1.82, 2.24) is 4.72 Å². The Morgan fingerprint density at radius 1 is 0.833 bits per heavy atom. The fourth-order valence-corrected chi connectivity index (χ4v) is 4.67. The van der Waals surface area contributed by atoms with Crippen LogP contribution in [0.4, 0.5) is 5.69 Å². The van der Waals surface area contributed by atoms with E-state index in [1.807, 2.05) is 18.2 Å². The summed E-state index contributed by atoms with van der Waals surface area (Å²) < 4.78 is 27.0. The monoisotopic (exact) mass is 482 g/mol. The highest BCUT2D eigenvalue weighted by molar-refractivity contribution is 7.89. The van der Waals surface area contributed by atoms with E-state index in [9.17, 15) is 13.2 Å². The molecular weight excluding hydrogens is 467 g/mol. The van der Waals surface area contributed by atoms with Crippen molar-refractivity contribution in [2.75, 3.05) is 11.9 Å². The second-order valence-electron chi connectivity index (χ2n) is 6.37. The minimum atomic E-state index is -3.93. The van der Waals surface area contributed by atoms with E-state index < -0.39 is 22.5 Å². The Kier molecular flexibility index (Phi) is 7.39. The molecule has 3 aromatic carbocycles. The zero-order valence-corrected chi connectivity index (χ0v) is 18.6. The molecule has 0 atom stereocenters. The lowest BCUT2D eigenvalue weighted by atomic mass is 10.0. The summed E-state index contributed by atoms with van der Waals surface area (Å²) in [7, 11) is -3.93. The molecule has 3 rings (SSSR count). The van der Waals surface area contributed by atoms with Crippen LogP contribution in [-0.4, -0.2) is 20.9 Å². The van der Waals surface area contributed by atoms with Gasteiger partial charge in [-0.3, -0.25) is 4.79 Å². The van der Waals surface area contributed by atoms with Crippen LogP contribution < -0.4 is 10.0 Å². The third-order valence-electron chi connectivity index (χ3n) is 4.23. The number of carbonyl (C=O) groups excluding carboxylic acids is 1. The molecule has 0 bridgehead atoms. The van der Waals surface area contributed by atoms with Gasteiger partial charge >= 0.3 is 0 Å². The molecule has 156 valence electrons. The number of rotatable bonds is 7. The summed E-state index contributed by atoms with van der Waals surface area (Å²) in [5, 5.41) is 3.90. The summed E-state index contributed by atoms with van der Waals surface area (Å²) in [6, 6.07) is 18.4. The Morgan fingerprint density at radius 2 is 1.50 bits per heavy atom. The van der Waals surface area contributed by atoms with Crippen molar-refractivity contribution >= 4 is 56.4 Å². The van der Waals surface area contributed by atoms with E-state index in [2.05, 4.69) is 10.0 Å². The van der Waals surface area contributed by atoms with Crippen LogP contribution in [0.2, 0.25) is 15.1 Å². The first-order valence-corrected chi connectivity index (χ1v) is 11.4. The van der Waals surface area contributed by atoms with Gasteiger partial charge in [0.1, 0.15) is 4.90 Å². The molecule has 0 fully saturated rings. The Bertz CT molecular complexity index is 1180. The van der Waals surface area contributed by atoms with Crippen LogP contribution in [0.1, 0.15) is 11.1 Å². The minimum Gasteiger partial charge on any atom is -0.325 e. The number of benzene rings is 3. The first kappa shape index (κ1) is 22.6. The van der Waals surface area contributed by atoms with E-state index in [1.54, 1.807) is 36.4 Å². The molecule has 0 heterocycles. The molecule has 0 unspecified atom stereocenters. The van der Waals surface area contributed by atoms with Gasteiger partial charge in [-0.2, -0.15) is 0 Å². The second kappa shape index (κ2) is 9.81. The molecule has 0 aliphatic heterocycles. The molecule has 0 aliphatic rings. The SMILES string of the molecule is O=C(CNS(=O)(=O)c1ccccc1Cl)Nc1ccc(Cl)cc1Cc1ccccc1Cl. The fraction of sp³-hybridized carbons (Fsp3) is 0.0952. The molecule has 0 aromatic heterocycles. The summed E-state index contributed by atoms with van der Waals surface area (Å²) in [6.45, 7) is -0.457. The molecule has 9 heteroatoms. The largest absolute Gasteiger partial charge is 0.325 e. The highest BCUT2D eigenvalue weighted by Gasteiger charge is 2.19. The van der Waals surface area contributed by atoms with Gasteiger partial charge in [-0.05, 0) is 47.5 Å². The predicted octanol–water partition coefficient (Wildman–Crippen LogP) is 5.15. The van der Waals surface area contributed by atoms with Crippen molar-refractivity contribution in [1.29, 1.82) is 0 Å². The number of hydrogen-bond donors (Lipinski definition) is 2. The molecule has 0 spiro atoms. The standard InChI is InChI=1S/C21H17Cl3N2O3S/c22-16-9-10-19(15(12-16)11-14-5-1-2-6-17(14)23)26-21(27)13-25-30(28,29)20-8-4-3-7-18(20)24/h1-10,12,25H,11,13H2,(H,26,27). The van der Waals surface area contributed by atoms with Crippen LogP contribution in [-0.2, 0) is 21.2 Å². The fourth-order valence-electron chi connectivity index (χ4n) is 2.77. The van der Waals surface area contributed by atoms with Gasteiger partial charge in [0.25, 0.3) is 0 Å². The number of anilines is 1. The maximum Gasteiger partial charge on any atom is 0.242 e. The number of nitrogens with one attached hydrogen (secondary N) is 2. The van der Waals surface area contributed by atoms with Gasteiger partial charge in [-0.25, -0.2) is 13.1 Å². The summed E-state index contributed by atoms with van der Waals surface area (Å²) in [6.07, 6.45) is 0.446. The van der Waals surface area contributed by atoms with Crippen molar-refractivity contribution in [3.05, 3.63) is 92.9 Å². The second-order valence-corrected chi connectivity index (χ2v) is 9.36. The summed E-state index contributed by atoms with van der Waals surface area (Å²) in [5.74, 6) is -0.534. The van der Waals surface area contributed by atoms with Gasteiger partial charge in [-0.1, -0.05) is 65.1 Å². The van der Waals surface area contributed by atoms with Crippen LogP contribution in [0.5, 0.6) is 0 Å². The maximum absolute atomic E-state index is 12.4. The molecule has 0 saturated heterocycles. The van der Waals surface area contributed by atoms with E-state index in [4.69, 9.17) is 34.8 Å². The van der Waals surface area contributed by atoms with Gasteiger partial charge in [0.05, 0.1) is 11.6 Å². The average Bonchev–Trinajstić information content (AvgIpc) is 2.70. The highest BCUT2D eigenvalue weighted by Crippen LogP contribution is 2.26. The predicted molar refractivity (Wildman–Crippen MR) is 121 cm³/mol. The van der Waals surface area contributed by atoms with Crippen molar-refractivity contribution in [3.8, 4) is 0 Å². The van der Waals surface area contributed by atoms with Crippen LogP contribution in [0.25, 0.3) is 0 Å². The molecule has 2 N–H and O–H groups in total. The Balaban J connectivity index is 1.73. The third kappa shape index (κ3) is 5.74. The Hall–Kier alpha value is -2.09. The molecular formula is C21H17Cl3N2O3S. The molecule has 1 amide bonds. The molecule has 0 radical (unpaired) electrons. The number of carbonyl (C=O) groups is 1. The minimum absolute atomic E-state index is 0.0742. The maximum atomic E-state index is 12.4. The molecule has 3 aromatic rings. The topological polar surface area (TPSA) is 75.3 Å². The van der Waals surface area contributed by atoms with Gasteiger partial charge in [0.2, 0.25) is 15.9 Å². The van der Waals surface area contributed by atoms with Crippen LogP contribution in [0.3, 0.4) is 0 Å². The first-order valence-electron chi connectivity index (χ1n) is 8.82. The average molecular weight is 484 g/mol. The quantitative estimate of drug-likeness (QED) is 0.488. The lowest BCUT2D eigenvalue weighted by Gasteiger charge is -2.13. The normalized spacial score (nSPS) is 11.3. The van der Waals surface area contributed by atoms with Crippen LogP contribution >= 0.6 is 34.8 Å². The molecule has 5 nitrogen and oxygen atoms in total. The van der Waals surface area contributed by atoms with E-state index in [-0.39, 0.29) is 9.92 Å². The zero-order valence-electron chi connectivity index (χ0n) is 15.5. The van der Waals surface area contributed by atoms with Crippen LogP contribution in [0.15, 0.2) is 71.6 Å². The molecule has 0 saturated carbocycles. The molecule has 0 aliphatic carbocycles. The Morgan fingerprint density at radius 3 is 2.20 bits per heavy atom. The first-order chi connectivity index (χ1) is 14.3. The van der Waals surface area contributed by atoms with Crippen molar-refractivity contribution in [2.45, 2.75) is 11.3 Å². The summed E-state index contributed by atoms with van der Waals surface area (Å²) >= 11 is 18.3. The van der Waals surface area contributed by atoms with Crippen LogP contribution in [0, 0.1) is 0 Å². The Labute approximate surface area is 190 Å². The number of halogens is 3. The van der Waals surface area contributed by atoms with E-state index >= 15 is 0 Å². The summed E-state index contributed by atoms with van der Waals surface area (Å²) in [4.78, 5) is 12.3. The van der Waals surface area contributed by atoms with E-state index in [1.165, 1.54) is 12.1 Å². The van der Waals surface area contributed by atoms with Crippen molar-refractivity contribution in [2.24, 2.45) is 0 Å². The van der Waals surface area contributed by atoms with Crippen molar-refractivity contribution in [3.63, 3.8) is 0 Å². The zero-order chi connectivity index (χ0) is 21.7.